The van der Waals surface area contributed by atoms with E-state index in [1.54, 1.807) is 0 Å². The number of nitrogens with one attached hydrogen (secondary N) is 1. The molecule has 2 atom stereocenters. The second-order valence-electron chi connectivity index (χ2n) is 6.37. The number of anilines is 1. The van der Waals surface area contributed by atoms with Crippen molar-refractivity contribution in [2.75, 3.05) is 18.4 Å². The van der Waals surface area contributed by atoms with Crippen LogP contribution < -0.4 is 5.32 Å². The number of nitrogens with zero attached hydrogens (tertiary/aromatic N) is 3. The van der Waals surface area contributed by atoms with Crippen LogP contribution in [0.5, 0.6) is 0 Å². The zero-order valence-electron chi connectivity index (χ0n) is 13.7. The standard InChI is InChI=1S/C19H22N4/c1-14-11-23(12-16-6-4-3-5-7-16)13-18(14)22-19-17(10-20)9-8-15(2)21-19/h3-9,14,18H,11-13H2,1-2H3,(H,21,22). The van der Waals surface area contributed by atoms with E-state index in [1.807, 2.05) is 25.1 Å². The molecule has 1 fully saturated rings. The lowest BCUT2D eigenvalue weighted by molar-refractivity contribution is 0.319. The van der Waals surface area contributed by atoms with Crippen molar-refractivity contribution in [3.63, 3.8) is 0 Å². The fourth-order valence-corrected chi connectivity index (χ4v) is 3.16. The Hall–Kier alpha value is -2.38. The van der Waals surface area contributed by atoms with Gasteiger partial charge in [-0.1, -0.05) is 37.3 Å². The molecule has 0 spiro atoms. The summed E-state index contributed by atoms with van der Waals surface area (Å²) in [5.74, 6) is 1.23. The van der Waals surface area contributed by atoms with Gasteiger partial charge in [-0.3, -0.25) is 4.90 Å². The average molecular weight is 306 g/mol. The van der Waals surface area contributed by atoms with Crippen molar-refractivity contribution >= 4 is 5.82 Å². The number of likely N-dealkylation sites (tertiary alicyclic amines) is 1. The number of hydrogen-bond donors (Lipinski definition) is 1. The molecule has 0 aliphatic carbocycles. The summed E-state index contributed by atoms with van der Waals surface area (Å²) >= 11 is 0. The van der Waals surface area contributed by atoms with Crippen LogP contribution in [0.2, 0.25) is 0 Å². The van der Waals surface area contributed by atoms with Crippen LogP contribution in [0.3, 0.4) is 0 Å². The first-order valence-electron chi connectivity index (χ1n) is 8.06. The number of aromatic nitrogens is 1. The van der Waals surface area contributed by atoms with E-state index in [0.29, 0.717) is 23.3 Å². The molecule has 0 radical (unpaired) electrons. The van der Waals surface area contributed by atoms with Gasteiger partial charge in [0, 0.05) is 31.4 Å². The number of aryl methyl sites for hydroxylation is 1. The Bertz CT molecular complexity index is 705. The quantitative estimate of drug-likeness (QED) is 0.942. The number of pyridine rings is 1. The van der Waals surface area contributed by atoms with Gasteiger partial charge in [-0.25, -0.2) is 4.98 Å². The molecule has 3 rings (SSSR count). The first-order chi connectivity index (χ1) is 11.2. The second kappa shape index (κ2) is 6.80. The summed E-state index contributed by atoms with van der Waals surface area (Å²) in [5.41, 5.74) is 2.88. The third-order valence-electron chi connectivity index (χ3n) is 4.41. The van der Waals surface area contributed by atoms with Crippen molar-refractivity contribution in [2.45, 2.75) is 26.4 Å². The van der Waals surface area contributed by atoms with Gasteiger partial charge in [-0.2, -0.15) is 5.26 Å². The molecule has 23 heavy (non-hydrogen) atoms. The van der Waals surface area contributed by atoms with E-state index in [2.05, 4.69) is 52.5 Å². The van der Waals surface area contributed by atoms with E-state index < -0.39 is 0 Å². The summed E-state index contributed by atoms with van der Waals surface area (Å²) in [6.45, 7) is 7.20. The lowest BCUT2D eigenvalue weighted by Crippen LogP contribution is -2.28. The third kappa shape index (κ3) is 3.69. The minimum atomic E-state index is 0.320. The molecular weight excluding hydrogens is 284 g/mol. The van der Waals surface area contributed by atoms with Crippen LogP contribution in [0.1, 0.15) is 23.7 Å². The highest BCUT2D eigenvalue weighted by Crippen LogP contribution is 2.23. The maximum absolute atomic E-state index is 9.26. The highest BCUT2D eigenvalue weighted by molar-refractivity contribution is 5.53. The van der Waals surface area contributed by atoms with Gasteiger partial charge < -0.3 is 5.32 Å². The fourth-order valence-electron chi connectivity index (χ4n) is 3.16. The molecular formula is C19H22N4. The maximum Gasteiger partial charge on any atom is 0.144 e. The lowest BCUT2D eigenvalue weighted by atomic mass is 10.1. The molecule has 4 nitrogen and oxygen atoms in total. The predicted octanol–water partition coefficient (Wildman–Crippen LogP) is 3.19. The van der Waals surface area contributed by atoms with Crippen LogP contribution in [-0.4, -0.2) is 29.0 Å². The summed E-state index contributed by atoms with van der Waals surface area (Å²) in [6.07, 6.45) is 0. The molecule has 4 heteroatoms. The van der Waals surface area contributed by atoms with Gasteiger partial charge in [0.1, 0.15) is 11.9 Å². The molecule has 1 aliphatic heterocycles. The van der Waals surface area contributed by atoms with E-state index in [0.717, 1.165) is 25.3 Å². The average Bonchev–Trinajstić information content (AvgIpc) is 2.88. The second-order valence-corrected chi connectivity index (χ2v) is 6.37. The molecule has 1 aromatic heterocycles. The number of benzene rings is 1. The molecule has 2 heterocycles. The molecule has 1 N–H and O–H groups in total. The summed E-state index contributed by atoms with van der Waals surface area (Å²) < 4.78 is 0. The summed E-state index contributed by atoms with van der Waals surface area (Å²) in [7, 11) is 0. The van der Waals surface area contributed by atoms with Crippen molar-refractivity contribution in [2.24, 2.45) is 5.92 Å². The van der Waals surface area contributed by atoms with Gasteiger partial charge in [0.25, 0.3) is 0 Å². The normalized spacial score (nSPS) is 21.1. The van der Waals surface area contributed by atoms with Gasteiger partial charge in [0.2, 0.25) is 0 Å². The van der Waals surface area contributed by atoms with Gasteiger partial charge in [0.05, 0.1) is 5.56 Å². The molecule has 1 aliphatic rings. The Morgan fingerprint density at radius 1 is 1.22 bits per heavy atom. The number of rotatable bonds is 4. The van der Waals surface area contributed by atoms with E-state index in [-0.39, 0.29) is 0 Å². The minimum absolute atomic E-state index is 0.320. The summed E-state index contributed by atoms with van der Waals surface area (Å²) in [4.78, 5) is 6.96. The first kappa shape index (κ1) is 15.5. The minimum Gasteiger partial charge on any atom is -0.365 e. The van der Waals surface area contributed by atoms with Gasteiger partial charge in [0.15, 0.2) is 0 Å². The Balaban J connectivity index is 1.68. The molecule has 1 aromatic carbocycles. The van der Waals surface area contributed by atoms with Gasteiger partial charge in [-0.05, 0) is 30.5 Å². The monoisotopic (exact) mass is 306 g/mol. The Morgan fingerprint density at radius 2 is 2.00 bits per heavy atom. The van der Waals surface area contributed by atoms with Crippen molar-refractivity contribution in [3.05, 3.63) is 59.3 Å². The van der Waals surface area contributed by atoms with Crippen LogP contribution in [0.4, 0.5) is 5.82 Å². The SMILES string of the molecule is Cc1ccc(C#N)c(NC2CN(Cc3ccccc3)CC2C)n1. The summed E-state index contributed by atoms with van der Waals surface area (Å²) in [6, 6.07) is 16.8. The molecule has 0 saturated carbocycles. The Morgan fingerprint density at radius 3 is 2.74 bits per heavy atom. The summed E-state index contributed by atoms with van der Waals surface area (Å²) in [5, 5.41) is 12.7. The highest BCUT2D eigenvalue weighted by Gasteiger charge is 2.30. The molecule has 0 bridgehead atoms. The molecule has 1 saturated heterocycles. The topological polar surface area (TPSA) is 52.0 Å². The van der Waals surface area contributed by atoms with Crippen molar-refractivity contribution in [1.29, 1.82) is 5.26 Å². The predicted molar refractivity (Wildman–Crippen MR) is 92.0 cm³/mol. The van der Waals surface area contributed by atoms with E-state index in [1.165, 1.54) is 5.56 Å². The molecule has 118 valence electrons. The molecule has 2 aromatic rings. The van der Waals surface area contributed by atoms with E-state index in [4.69, 9.17) is 0 Å². The number of nitriles is 1. The van der Waals surface area contributed by atoms with Crippen molar-refractivity contribution < 1.29 is 0 Å². The zero-order valence-corrected chi connectivity index (χ0v) is 13.7. The maximum atomic E-state index is 9.26. The molecule has 0 amide bonds. The van der Waals surface area contributed by atoms with Crippen LogP contribution in [0.25, 0.3) is 0 Å². The van der Waals surface area contributed by atoms with Crippen molar-refractivity contribution in [3.8, 4) is 6.07 Å². The number of hydrogen-bond acceptors (Lipinski definition) is 4. The smallest absolute Gasteiger partial charge is 0.144 e. The van der Waals surface area contributed by atoms with Crippen molar-refractivity contribution in [1.82, 2.24) is 9.88 Å². The zero-order chi connectivity index (χ0) is 16.2. The van der Waals surface area contributed by atoms with Gasteiger partial charge >= 0.3 is 0 Å². The Kier molecular flexibility index (Phi) is 4.59. The van der Waals surface area contributed by atoms with Gasteiger partial charge in [-0.15, -0.1) is 0 Å². The van der Waals surface area contributed by atoms with E-state index >= 15 is 0 Å². The van der Waals surface area contributed by atoms with Crippen LogP contribution in [0.15, 0.2) is 42.5 Å². The van der Waals surface area contributed by atoms with Crippen LogP contribution in [-0.2, 0) is 6.54 Å². The third-order valence-corrected chi connectivity index (χ3v) is 4.41. The van der Waals surface area contributed by atoms with E-state index in [9.17, 15) is 5.26 Å². The fraction of sp³-hybridized carbons (Fsp3) is 0.368. The first-order valence-corrected chi connectivity index (χ1v) is 8.06. The van der Waals surface area contributed by atoms with Crippen LogP contribution in [0, 0.1) is 24.2 Å². The largest absolute Gasteiger partial charge is 0.365 e. The Labute approximate surface area is 137 Å². The highest BCUT2D eigenvalue weighted by atomic mass is 15.2. The van der Waals surface area contributed by atoms with Crippen LogP contribution >= 0.6 is 0 Å². The lowest BCUT2D eigenvalue weighted by Gasteiger charge is -2.19. The molecule has 2 unspecified atom stereocenters.